The largest absolute Gasteiger partial charge is 0.308 e. The second-order valence-electron chi connectivity index (χ2n) is 5.76. The number of rotatable bonds is 4. The van der Waals surface area contributed by atoms with Gasteiger partial charge >= 0.3 is 0 Å². The molecule has 1 heterocycles. The van der Waals surface area contributed by atoms with Gasteiger partial charge in [0, 0.05) is 18.4 Å². The lowest BCUT2D eigenvalue weighted by Crippen LogP contribution is -2.31. The number of para-hydroxylation sites is 1. The van der Waals surface area contributed by atoms with E-state index in [4.69, 9.17) is 11.6 Å². The summed E-state index contributed by atoms with van der Waals surface area (Å²) in [7, 11) is 0. The molecule has 0 unspecified atom stereocenters. The van der Waals surface area contributed by atoms with Gasteiger partial charge in [-0.15, -0.1) is 11.6 Å². The van der Waals surface area contributed by atoms with E-state index < -0.39 is 0 Å². The van der Waals surface area contributed by atoms with Gasteiger partial charge < -0.3 is 4.90 Å². The minimum absolute atomic E-state index is 0.0886. The summed E-state index contributed by atoms with van der Waals surface area (Å²) in [5.41, 5.74) is 5.96. The van der Waals surface area contributed by atoms with E-state index >= 15 is 0 Å². The fourth-order valence-corrected chi connectivity index (χ4v) is 3.28. The number of hydrogen-bond acceptors (Lipinski definition) is 1. The van der Waals surface area contributed by atoms with E-state index in [0.717, 1.165) is 36.4 Å². The van der Waals surface area contributed by atoms with E-state index in [1.807, 2.05) is 23.1 Å². The molecule has 0 N–H and O–H groups in total. The summed E-state index contributed by atoms with van der Waals surface area (Å²) in [6, 6.07) is 14.8. The molecule has 0 radical (unpaired) electrons. The van der Waals surface area contributed by atoms with Gasteiger partial charge in [0.1, 0.15) is 0 Å². The van der Waals surface area contributed by atoms with Crippen LogP contribution in [0.1, 0.15) is 30.9 Å². The van der Waals surface area contributed by atoms with E-state index in [1.165, 1.54) is 16.7 Å². The molecule has 1 amide bonds. The van der Waals surface area contributed by atoms with Crippen LogP contribution in [-0.4, -0.2) is 11.8 Å². The van der Waals surface area contributed by atoms with E-state index in [1.54, 1.807) is 6.92 Å². The Hall–Kier alpha value is -1.80. The maximum absolute atomic E-state index is 12.0. The Morgan fingerprint density at radius 3 is 2.73 bits per heavy atom. The molecule has 2 aromatic carbocycles. The highest BCUT2D eigenvalue weighted by atomic mass is 35.5. The Kier molecular flexibility index (Phi) is 4.49. The minimum Gasteiger partial charge on any atom is -0.308 e. The van der Waals surface area contributed by atoms with Crippen LogP contribution in [-0.2, 0) is 17.8 Å². The van der Waals surface area contributed by atoms with Gasteiger partial charge in [-0.25, -0.2) is 0 Å². The Morgan fingerprint density at radius 2 is 1.95 bits per heavy atom. The van der Waals surface area contributed by atoms with Crippen molar-refractivity contribution in [1.82, 2.24) is 0 Å². The topological polar surface area (TPSA) is 20.3 Å². The average Bonchev–Trinajstić information content (AvgIpc) is 2.54. The molecule has 0 saturated heterocycles. The van der Waals surface area contributed by atoms with E-state index in [-0.39, 0.29) is 5.91 Å². The highest BCUT2D eigenvalue weighted by Crippen LogP contribution is 2.39. The molecule has 2 aromatic rings. The number of unbranched alkanes of at least 4 members (excludes halogenated alkanes) is 1. The number of fused-ring (bicyclic) bond motifs is 3. The third-order valence-corrected chi connectivity index (χ3v) is 4.48. The van der Waals surface area contributed by atoms with E-state index in [2.05, 4.69) is 24.3 Å². The number of benzene rings is 2. The van der Waals surface area contributed by atoms with Crippen LogP contribution in [0.3, 0.4) is 0 Å². The van der Waals surface area contributed by atoms with Gasteiger partial charge in [0.25, 0.3) is 0 Å². The molecule has 1 aliphatic rings. The number of anilines is 1. The lowest BCUT2D eigenvalue weighted by atomic mass is 9.91. The zero-order valence-corrected chi connectivity index (χ0v) is 13.6. The van der Waals surface area contributed by atoms with E-state index in [0.29, 0.717) is 6.54 Å². The normalized spacial score (nSPS) is 12.7. The Morgan fingerprint density at radius 1 is 1.14 bits per heavy atom. The van der Waals surface area contributed by atoms with Gasteiger partial charge in [0.15, 0.2) is 0 Å². The van der Waals surface area contributed by atoms with Crippen molar-refractivity contribution < 1.29 is 4.79 Å². The fourth-order valence-electron chi connectivity index (χ4n) is 3.09. The van der Waals surface area contributed by atoms with Crippen LogP contribution in [0.2, 0.25) is 0 Å². The van der Waals surface area contributed by atoms with Crippen molar-refractivity contribution >= 4 is 23.2 Å². The number of amides is 1. The molecule has 0 aliphatic carbocycles. The predicted molar refractivity (Wildman–Crippen MR) is 92.4 cm³/mol. The minimum atomic E-state index is 0.0886. The maximum Gasteiger partial charge on any atom is 0.224 e. The van der Waals surface area contributed by atoms with Crippen LogP contribution in [0.5, 0.6) is 0 Å². The first-order valence-corrected chi connectivity index (χ1v) is 8.29. The second kappa shape index (κ2) is 6.53. The lowest BCUT2D eigenvalue weighted by molar-refractivity contribution is -0.116. The molecule has 1 aliphatic heterocycles. The first-order chi connectivity index (χ1) is 10.7. The van der Waals surface area contributed by atoms with Crippen LogP contribution in [0.15, 0.2) is 42.5 Å². The third-order valence-electron chi connectivity index (χ3n) is 4.21. The molecule has 3 rings (SSSR count). The van der Waals surface area contributed by atoms with Gasteiger partial charge in [-0.1, -0.05) is 36.4 Å². The maximum atomic E-state index is 12.0. The molecule has 0 atom stereocenters. The van der Waals surface area contributed by atoms with Crippen LogP contribution < -0.4 is 4.90 Å². The standard InChI is InChI=1S/C19H20ClNO/c1-14(22)21-13-16-12-15(6-4-5-11-20)9-10-17(16)18-7-2-3-8-19(18)21/h2-3,7-10,12H,4-6,11,13H2,1H3. The summed E-state index contributed by atoms with van der Waals surface area (Å²) in [6.45, 7) is 2.29. The van der Waals surface area contributed by atoms with Crippen LogP contribution >= 0.6 is 11.6 Å². The molecule has 22 heavy (non-hydrogen) atoms. The Balaban J connectivity index is 1.97. The van der Waals surface area contributed by atoms with Gasteiger partial charge in [-0.3, -0.25) is 4.79 Å². The summed E-state index contributed by atoms with van der Waals surface area (Å²) >= 11 is 5.75. The summed E-state index contributed by atoms with van der Waals surface area (Å²) in [5, 5.41) is 0. The molecular formula is C19H20ClNO. The van der Waals surface area contributed by atoms with Crippen LogP contribution in [0.4, 0.5) is 5.69 Å². The van der Waals surface area contributed by atoms with Crippen molar-refractivity contribution in [3.05, 3.63) is 53.6 Å². The summed E-state index contributed by atoms with van der Waals surface area (Å²) in [4.78, 5) is 13.8. The molecule has 0 saturated carbocycles. The van der Waals surface area contributed by atoms with Crippen molar-refractivity contribution in [3.8, 4) is 11.1 Å². The van der Waals surface area contributed by atoms with Gasteiger partial charge in [-0.05, 0) is 42.0 Å². The second-order valence-corrected chi connectivity index (χ2v) is 6.14. The fraction of sp³-hybridized carbons (Fsp3) is 0.316. The number of halogens is 1. The lowest BCUT2D eigenvalue weighted by Gasteiger charge is -2.30. The van der Waals surface area contributed by atoms with Gasteiger partial charge in [0.2, 0.25) is 5.91 Å². The molecule has 2 nitrogen and oxygen atoms in total. The SMILES string of the molecule is CC(=O)N1Cc2cc(CCCCCl)ccc2-c2ccccc21. The Labute approximate surface area is 136 Å². The van der Waals surface area contributed by atoms with Gasteiger partial charge in [-0.2, -0.15) is 0 Å². The molecule has 0 bridgehead atoms. The number of alkyl halides is 1. The summed E-state index contributed by atoms with van der Waals surface area (Å²) in [5.74, 6) is 0.807. The van der Waals surface area contributed by atoms with Crippen LogP contribution in [0.25, 0.3) is 11.1 Å². The third kappa shape index (κ3) is 2.89. The zero-order valence-electron chi connectivity index (χ0n) is 12.8. The van der Waals surface area contributed by atoms with Gasteiger partial charge in [0.05, 0.1) is 12.2 Å². The van der Waals surface area contributed by atoms with Crippen LogP contribution in [0, 0.1) is 0 Å². The Bertz CT molecular complexity index is 696. The molecule has 0 aromatic heterocycles. The first kappa shape index (κ1) is 15.1. The van der Waals surface area contributed by atoms with Crippen molar-refractivity contribution in [1.29, 1.82) is 0 Å². The average molecular weight is 314 g/mol. The van der Waals surface area contributed by atoms with Crippen molar-refractivity contribution in [3.63, 3.8) is 0 Å². The number of aryl methyl sites for hydroxylation is 1. The molecule has 3 heteroatoms. The molecule has 0 fully saturated rings. The number of hydrogen-bond donors (Lipinski definition) is 0. The first-order valence-electron chi connectivity index (χ1n) is 7.76. The van der Waals surface area contributed by atoms with Crippen molar-refractivity contribution in [2.75, 3.05) is 10.8 Å². The number of carbonyl (C=O) groups excluding carboxylic acids is 1. The molecule has 114 valence electrons. The highest BCUT2D eigenvalue weighted by molar-refractivity contribution is 6.17. The number of nitrogens with zero attached hydrogens (tertiary/aromatic N) is 1. The summed E-state index contributed by atoms with van der Waals surface area (Å²) < 4.78 is 0. The summed E-state index contributed by atoms with van der Waals surface area (Å²) in [6.07, 6.45) is 3.19. The zero-order chi connectivity index (χ0) is 15.5. The van der Waals surface area contributed by atoms with Crippen molar-refractivity contribution in [2.24, 2.45) is 0 Å². The highest BCUT2D eigenvalue weighted by Gasteiger charge is 2.24. The smallest absolute Gasteiger partial charge is 0.224 e. The quantitative estimate of drug-likeness (QED) is 0.587. The molecule has 0 spiro atoms. The van der Waals surface area contributed by atoms with Crippen molar-refractivity contribution in [2.45, 2.75) is 32.7 Å². The molecular weight excluding hydrogens is 294 g/mol. The monoisotopic (exact) mass is 313 g/mol. The van der Waals surface area contributed by atoms with E-state index in [9.17, 15) is 4.79 Å². The predicted octanol–water partition coefficient (Wildman–Crippen LogP) is 4.78. The number of carbonyl (C=O) groups is 1.